The number of ether oxygens (including phenoxy) is 1. The fourth-order valence-corrected chi connectivity index (χ4v) is 2.95. The van der Waals surface area contributed by atoms with Gasteiger partial charge in [-0.25, -0.2) is 0 Å². The second-order valence-electron chi connectivity index (χ2n) is 6.42. The molecular formula is C14H26N2O2. The number of nitrogens with one attached hydrogen (secondary N) is 1. The van der Waals surface area contributed by atoms with Crippen LogP contribution in [0.5, 0.6) is 0 Å². The van der Waals surface area contributed by atoms with Gasteiger partial charge in [-0.2, -0.15) is 0 Å². The van der Waals surface area contributed by atoms with Crippen molar-refractivity contribution < 1.29 is 9.53 Å². The Morgan fingerprint density at radius 2 is 2.00 bits per heavy atom. The monoisotopic (exact) mass is 254 g/mol. The SMILES string of the molecule is CN1CCC(OC(=O)C2NCCCC2(C)C)CC1. The Morgan fingerprint density at radius 3 is 2.61 bits per heavy atom. The van der Waals surface area contributed by atoms with Crippen molar-refractivity contribution in [2.45, 2.75) is 51.7 Å². The summed E-state index contributed by atoms with van der Waals surface area (Å²) in [5.41, 5.74) is 0.0147. The van der Waals surface area contributed by atoms with E-state index in [4.69, 9.17) is 4.74 Å². The largest absolute Gasteiger partial charge is 0.461 e. The highest BCUT2D eigenvalue weighted by atomic mass is 16.5. The Bertz CT molecular complexity index is 296. The third-order valence-corrected chi connectivity index (χ3v) is 4.31. The van der Waals surface area contributed by atoms with Gasteiger partial charge in [0.15, 0.2) is 0 Å². The molecule has 1 N–H and O–H groups in total. The first-order chi connectivity index (χ1) is 8.49. The number of hydrogen-bond donors (Lipinski definition) is 1. The molecule has 0 radical (unpaired) electrons. The Morgan fingerprint density at radius 1 is 1.33 bits per heavy atom. The molecule has 0 aromatic heterocycles. The number of piperidine rings is 2. The lowest BCUT2D eigenvalue weighted by Gasteiger charge is -2.39. The van der Waals surface area contributed by atoms with E-state index in [1.54, 1.807) is 0 Å². The first-order valence-electron chi connectivity index (χ1n) is 7.11. The van der Waals surface area contributed by atoms with Crippen molar-refractivity contribution in [2.24, 2.45) is 5.41 Å². The standard InChI is InChI=1S/C14H26N2O2/c1-14(2)7-4-8-15-12(14)13(17)18-11-5-9-16(3)10-6-11/h11-12,15H,4-10H2,1-3H3. The predicted octanol–water partition coefficient (Wildman–Crippen LogP) is 1.40. The molecule has 0 aromatic rings. The molecule has 0 bridgehead atoms. The molecule has 2 heterocycles. The van der Waals surface area contributed by atoms with Gasteiger partial charge in [-0.05, 0) is 44.7 Å². The van der Waals surface area contributed by atoms with Crippen molar-refractivity contribution >= 4 is 5.97 Å². The minimum Gasteiger partial charge on any atom is -0.461 e. The minimum atomic E-state index is -0.133. The summed E-state index contributed by atoms with van der Waals surface area (Å²) in [4.78, 5) is 14.5. The molecule has 18 heavy (non-hydrogen) atoms. The molecule has 2 aliphatic rings. The third-order valence-electron chi connectivity index (χ3n) is 4.31. The molecule has 0 aromatic carbocycles. The van der Waals surface area contributed by atoms with Gasteiger partial charge in [-0.15, -0.1) is 0 Å². The first kappa shape index (κ1) is 13.8. The maximum Gasteiger partial charge on any atom is 0.323 e. The average molecular weight is 254 g/mol. The van der Waals surface area contributed by atoms with Gasteiger partial charge < -0.3 is 15.0 Å². The predicted molar refractivity (Wildman–Crippen MR) is 71.4 cm³/mol. The van der Waals surface area contributed by atoms with Crippen LogP contribution >= 0.6 is 0 Å². The number of carbonyl (C=O) groups excluding carboxylic acids is 1. The zero-order valence-corrected chi connectivity index (χ0v) is 11.9. The topological polar surface area (TPSA) is 41.6 Å². The van der Waals surface area contributed by atoms with E-state index < -0.39 is 0 Å². The molecule has 1 atom stereocenters. The molecule has 2 saturated heterocycles. The van der Waals surface area contributed by atoms with Crippen molar-refractivity contribution in [1.29, 1.82) is 0 Å². The van der Waals surface area contributed by atoms with Crippen LogP contribution in [0.25, 0.3) is 0 Å². The Labute approximate surface area is 110 Å². The fourth-order valence-electron chi connectivity index (χ4n) is 2.95. The van der Waals surface area contributed by atoms with Crippen LogP contribution in [0.3, 0.4) is 0 Å². The highest BCUT2D eigenvalue weighted by molar-refractivity contribution is 5.77. The molecule has 0 aliphatic carbocycles. The summed E-state index contributed by atoms with van der Waals surface area (Å²) < 4.78 is 5.69. The van der Waals surface area contributed by atoms with Crippen molar-refractivity contribution in [3.05, 3.63) is 0 Å². The second kappa shape index (κ2) is 5.57. The quantitative estimate of drug-likeness (QED) is 0.756. The molecule has 2 aliphatic heterocycles. The second-order valence-corrected chi connectivity index (χ2v) is 6.42. The Hall–Kier alpha value is -0.610. The smallest absolute Gasteiger partial charge is 0.323 e. The van der Waals surface area contributed by atoms with E-state index in [-0.39, 0.29) is 23.5 Å². The number of likely N-dealkylation sites (tertiary alicyclic amines) is 1. The minimum absolute atomic E-state index is 0.0147. The summed E-state index contributed by atoms with van der Waals surface area (Å²) in [5.74, 6) is -0.0470. The maximum atomic E-state index is 12.3. The molecule has 0 amide bonds. The maximum absolute atomic E-state index is 12.3. The highest BCUT2D eigenvalue weighted by Gasteiger charge is 2.39. The first-order valence-corrected chi connectivity index (χ1v) is 7.11. The third kappa shape index (κ3) is 3.23. The summed E-state index contributed by atoms with van der Waals surface area (Å²) in [6.07, 6.45) is 4.29. The van der Waals surface area contributed by atoms with Gasteiger partial charge in [-0.3, -0.25) is 4.79 Å². The zero-order chi connectivity index (χ0) is 13.2. The van der Waals surface area contributed by atoms with Crippen LogP contribution in [-0.2, 0) is 9.53 Å². The van der Waals surface area contributed by atoms with Gasteiger partial charge in [0.2, 0.25) is 0 Å². The van der Waals surface area contributed by atoms with Gasteiger partial charge in [0.25, 0.3) is 0 Å². The van der Waals surface area contributed by atoms with E-state index in [2.05, 4.69) is 31.1 Å². The van der Waals surface area contributed by atoms with Crippen LogP contribution < -0.4 is 5.32 Å². The average Bonchev–Trinajstić information content (AvgIpc) is 2.31. The molecule has 4 heteroatoms. The van der Waals surface area contributed by atoms with Gasteiger partial charge in [-0.1, -0.05) is 13.8 Å². The number of hydrogen-bond acceptors (Lipinski definition) is 4. The summed E-state index contributed by atoms with van der Waals surface area (Å²) in [6, 6.07) is -0.133. The van der Waals surface area contributed by atoms with E-state index in [9.17, 15) is 4.79 Å². The van der Waals surface area contributed by atoms with E-state index in [1.165, 1.54) is 0 Å². The van der Waals surface area contributed by atoms with Crippen molar-refractivity contribution in [2.75, 3.05) is 26.7 Å². The van der Waals surface area contributed by atoms with E-state index in [1.807, 2.05) is 0 Å². The van der Waals surface area contributed by atoms with E-state index in [0.717, 1.165) is 45.3 Å². The Kier molecular flexibility index (Phi) is 4.28. The summed E-state index contributed by atoms with van der Waals surface area (Å²) in [7, 11) is 2.11. The van der Waals surface area contributed by atoms with Gasteiger partial charge >= 0.3 is 5.97 Å². The lowest BCUT2D eigenvalue weighted by atomic mass is 9.77. The molecule has 2 rings (SSSR count). The van der Waals surface area contributed by atoms with Gasteiger partial charge in [0.1, 0.15) is 12.1 Å². The highest BCUT2D eigenvalue weighted by Crippen LogP contribution is 2.31. The zero-order valence-electron chi connectivity index (χ0n) is 11.9. The molecule has 104 valence electrons. The Balaban J connectivity index is 1.87. The van der Waals surface area contributed by atoms with Gasteiger partial charge in [0.05, 0.1) is 0 Å². The van der Waals surface area contributed by atoms with Gasteiger partial charge in [0, 0.05) is 13.1 Å². The van der Waals surface area contributed by atoms with Crippen molar-refractivity contribution in [3.63, 3.8) is 0 Å². The summed E-state index contributed by atoms with van der Waals surface area (Å²) >= 11 is 0. The number of carbonyl (C=O) groups is 1. The van der Waals surface area contributed by atoms with Crippen LogP contribution in [0.2, 0.25) is 0 Å². The molecule has 0 spiro atoms. The number of rotatable bonds is 2. The van der Waals surface area contributed by atoms with Crippen LogP contribution in [0, 0.1) is 5.41 Å². The van der Waals surface area contributed by atoms with E-state index in [0.29, 0.717) is 0 Å². The number of nitrogens with zero attached hydrogens (tertiary/aromatic N) is 1. The molecule has 4 nitrogen and oxygen atoms in total. The summed E-state index contributed by atoms with van der Waals surface area (Å²) in [5, 5.41) is 3.32. The normalized spacial score (nSPS) is 30.1. The van der Waals surface area contributed by atoms with Crippen LogP contribution in [0.1, 0.15) is 39.5 Å². The molecular weight excluding hydrogens is 228 g/mol. The molecule has 0 saturated carbocycles. The molecule has 1 unspecified atom stereocenters. The van der Waals surface area contributed by atoms with Crippen molar-refractivity contribution in [3.8, 4) is 0 Å². The molecule has 2 fully saturated rings. The lowest BCUT2D eigenvalue weighted by molar-refractivity contribution is -0.158. The van der Waals surface area contributed by atoms with Crippen LogP contribution in [0.15, 0.2) is 0 Å². The van der Waals surface area contributed by atoms with Crippen LogP contribution in [-0.4, -0.2) is 49.7 Å². The van der Waals surface area contributed by atoms with Crippen molar-refractivity contribution in [1.82, 2.24) is 10.2 Å². The van der Waals surface area contributed by atoms with Crippen LogP contribution in [0.4, 0.5) is 0 Å². The number of esters is 1. The summed E-state index contributed by atoms with van der Waals surface area (Å²) in [6.45, 7) is 7.29. The van der Waals surface area contributed by atoms with E-state index >= 15 is 0 Å². The lowest BCUT2D eigenvalue weighted by Crippen LogP contribution is -2.53. The fraction of sp³-hybridized carbons (Fsp3) is 0.929.